The monoisotopic (exact) mass is 260 g/mol. The summed E-state index contributed by atoms with van der Waals surface area (Å²) >= 11 is 0. The van der Waals surface area contributed by atoms with Crippen LogP contribution in [0.15, 0.2) is 16.5 Å². The zero-order valence-corrected chi connectivity index (χ0v) is 10.8. The van der Waals surface area contributed by atoms with E-state index in [1.165, 1.54) is 0 Å². The van der Waals surface area contributed by atoms with Crippen LogP contribution in [0.5, 0.6) is 0 Å². The average Bonchev–Trinajstić information content (AvgIpc) is 2.78. The van der Waals surface area contributed by atoms with Gasteiger partial charge in [-0.2, -0.15) is 4.98 Å². The SMILES string of the molecule is CN(c1nc2c(C(N)=O)[c]ccc2o1)C1(C)COC1. The summed E-state index contributed by atoms with van der Waals surface area (Å²) in [6.07, 6.45) is 0. The molecule has 6 heteroatoms. The van der Waals surface area contributed by atoms with Crippen molar-refractivity contribution in [3.8, 4) is 0 Å². The molecule has 99 valence electrons. The van der Waals surface area contributed by atoms with Gasteiger partial charge in [0, 0.05) is 7.05 Å². The van der Waals surface area contributed by atoms with Crippen molar-refractivity contribution >= 4 is 23.0 Å². The third kappa shape index (κ3) is 1.76. The molecule has 1 radical (unpaired) electrons. The van der Waals surface area contributed by atoms with Gasteiger partial charge in [0.1, 0.15) is 5.52 Å². The lowest BCUT2D eigenvalue weighted by molar-refractivity contribution is -0.0471. The molecule has 6 nitrogen and oxygen atoms in total. The smallest absolute Gasteiger partial charge is 0.298 e. The zero-order valence-electron chi connectivity index (χ0n) is 10.8. The van der Waals surface area contributed by atoms with Crippen molar-refractivity contribution in [2.24, 2.45) is 5.73 Å². The lowest BCUT2D eigenvalue weighted by Gasteiger charge is -2.44. The fraction of sp³-hybridized carbons (Fsp3) is 0.385. The molecule has 3 rings (SSSR count). The highest BCUT2D eigenvalue weighted by Gasteiger charge is 2.39. The van der Waals surface area contributed by atoms with Crippen LogP contribution >= 0.6 is 0 Å². The Bertz CT molecular complexity index is 646. The highest BCUT2D eigenvalue weighted by atomic mass is 16.5. The number of likely N-dealkylation sites (N-methyl/N-ethyl adjacent to an activating group) is 1. The van der Waals surface area contributed by atoms with Crippen molar-refractivity contribution in [2.75, 3.05) is 25.2 Å². The van der Waals surface area contributed by atoms with E-state index in [0.717, 1.165) is 0 Å². The number of fused-ring (bicyclic) bond motifs is 1. The van der Waals surface area contributed by atoms with Crippen LogP contribution in [0, 0.1) is 6.07 Å². The molecule has 0 unspecified atom stereocenters. The number of oxazole rings is 1. The van der Waals surface area contributed by atoms with Gasteiger partial charge >= 0.3 is 0 Å². The number of rotatable bonds is 3. The number of hydrogen-bond donors (Lipinski definition) is 1. The molecule has 0 atom stereocenters. The quantitative estimate of drug-likeness (QED) is 0.888. The Hall–Kier alpha value is -2.08. The molecule has 1 fully saturated rings. The maximum Gasteiger partial charge on any atom is 0.298 e. The van der Waals surface area contributed by atoms with E-state index >= 15 is 0 Å². The van der Waals surface area contributed by atoms with Gasteiger partial charge in [0.2, 0.25) is 0 Å². The Morgan fingerprint density at radius 3 is 2.89 bits per heavy atom. The first-order valence-corrected chi connectivity index (χ1v) is 5.94. The van der Waals surface area contributed by atoms with E-state index in [2.05, 4.69) is 18.0 Å². The van der Waals surface area contributed by atoms with Gasteiger partial charge in [-0.05, 0) is 25.1 Å². The molecule has 1 aromatic heterocycles. The third-order valence-electron chi connectivity index (χ3n) is 3.51. The van der Waals surface area contributed by atoms with Crippen molar-refractivity contribution < 1.29 is 13.9 Å². The summed E-state index contributed by atoms with van der Waals surface area (Å²) < 4.78 is 10.9. The summed E-state index contributed by atoms with van der Waals surface area (Å²) in [7, 11) is 1.89. The maximum atomic E-state index is 11.3. The van der Waals surface area contributed by atoms with E-state index in [1.807, 2.05) is 11.9 Å². The molecule has 1 aromatic carbocycles. The van der Waals surface area contributed by atoms with E-state index in [1.54, 1.807) is 12.1 Å². The first-order valence-electron chi connectivity index (χ1n) is 5.94. The Morgan fingerprint density at radius 1 is 1.58 bits per heavy atom. The van der Waals surface area contributed by atoms with Crippen LogP contribution in [0.1, 0.15) is 17.3 Å². The molecule has 2 aromatic rings. The largest absolute Gasteiger partial charge is 0.423 e. The number of aromatic nitrogens is 1. The normalized spacial score (nSPS) is 17.2. The summed E-state index contributed by atoms with van der Waals surface area (Å²) in [4.78, 5) is 17.6. The van der Waals surface area contributed by atoms with Gasteiger partial charge in [0.15, 0.2) is 5.58 Å². The van der Waals surface area contributed by atoms with E-state index in [0.29, 0.717) is 30.3 Å². The highest BCUT2D eigenvalue weighted by Crippen LogP contribution is 2.31. The molecule has 0 saturated carbocycles. The van der Waals surface area contributed by atoms with Crippen LogP contribution in [-0.4, -0.2) is 36.7 Å². The number of carbonyl (C=O) groups is 1. The molecule has 0 spiro atoms. The van der Waals surface area contributed by atoms with E-state index < -0.39 is 5.91 Å². The topological polar surface area (TPSA) is 81.6 Å². The standard InChI is InChI=1S/C13H14N3O3/c1-13(6-18-7-13)16(2)12-15-10-8(11(14)17)4-3-5-9(10)19-12/h3,5H,6-7H2,1-2H3,(H2,14,17). The van der Waals surface area contributed by atoms with E-state index in [9.17, 15) is 4.79 Å². The van der Waals surface area contributed by atoms with Gasteiger partial charge in [-0.25, -0.2) is 0 Å². The van der Waals surface area contributed by atoms with E-state index in [-0.39, 0.29) is 11.1 Å². The fourth-order valence-electron chi connectivity index (χ4n) is 2.03. The Morgan fingerprint density at radius 2 is 2.32 bits per heavy atom. The van der Waals surface area contributed by atoms with Crippen molar-refractivity contribution in [2.45, 2.75) is 12.5 Å². The minimum absolute atomic E-state index is 0.128. The van der Waals surface area contributed by atoms with Gasteiger partial charge in [-0.15, -0.1) is 0 Å². The molecule has 0 bridgehead atoms. The minimum atomic E-state index is -0.564. The molecule has 2 N–H and O–H groups in total. The second kappa shape index (κ2) is 3.96. The fourth-order valence-corrected chi connectivity index (χ4v) is 2.03. The predicted octanol–water partition coefficient (Wildman–Crippen LogP) is 0.952. The number of nitrogens with zero attached hydrogens (tertiary/aromatic N) is 2. The first kappa shape index (κ1) is 12.0. The van der Waals surface area contributed by atoms with Crippen LogP contribution in [0.3, 0.4) is 0 Å². The van der Waals surface area contributed by atoms with Crippen LogP contribution in [0.25, 0.3) is 11.1 Å². The van der Waals surface area contributed by atoms with Crippen LogP contribution < -0.4 is 10.6 Å². The van der Waals surface area contributed by atoms with Crippen LogP contribution in [0.4, 0.5) is 6.01 Å². The molecule has 1 aliphatic heterocycles. The first-order chi connectivity index (χ1) is 9.01. The summed E-state index contributed by atoms with van der Waals surface area (Å²) in [5.41, 5.74) is 6.39. The Labute approximate surface area is 110 Å². The summed E-state index contributed by atoms with van der Waals surface area (Å²) in [6, 6.07) is 6.55. The van der Waals surface area contributed by atoms with Gasteiger partial charge < -0.3 is 19.8 Å². The second-order valence-corrected chi connectivity index (χ2v) is 4.97. The Balaban J connectivity index is 2.06. The number of primary amides is 1. The molecule has 1 aliphatic rings. The minimum Gasteiger partial charge on any atom is -0.423 e. The average molecular weight is 260 g/mol. The molecular formula is C13H14N3O3. The molecule has 0 aliphatic carbocycles. The molecular weight excluding hydrogens is 246 g/mol. The summed E-state index contributed by atoms with van der Waals surface area (Å²) in [6.45, 7) is 3.31. The summed E-state index contributed by atoms with van der Waals surface area (Å²) in [5.74, 6) is -0.564. The van der Waals surface area contributed by atoms with Gasteiger partial charge in [-0.1, -0.05) is 0 Å². The lowest BCUT2D eigenvalue weighted by atomic mass is 9.99. The Kier molecular flexibility index (Phi) is 2.50. The number of anilines is 1. The highest BCUT2D eigenvalue weighted by molar-refractivity contribution is 6.03. The predicted molar refractivity (Wildman–Crippen MR) is 69.0 cm³/mol. The second-order valence-electron chi connectivity index (χ2n) is 4.97. The van der Waals surface area contributed by atoms with Crippen molar-refractivity contribution in [3.63, 3.8) is 0 Å². The molecule has 2 heterocycles. The number of carbonyl (C=O) groups excluding carboxylic acids is 1. The van der Waals surface area contributed by atoms with E-state index in [4.69, 9.17) is 14.9 Å². The number of amides is 1. The number of ether oxygens (including phenoxy) is 1. The van der Waals surface area contributed by atoms with Crippen molar-refractivity contribution in [1.82, 2.24) is 4.98 Å². The van der Waals surface area contributed by atoms with Gasteiger partial charge in [-0.3, -0.25) is 4.79 Å². The zero-order chi connectivity index (χ0) is 13.6. The van der Waals surface area contributed by atoms with Crippen LogP contribution in [-0.2, 0) is 4.74 Å². The molecule has 1 saturated heterocycles. The number of nitrogens with two attached hydrogens (primary N) is 1. The van der Waals surface area contributed by atoms with Gasteiger partial charge in [0.05, 0.1) is 24.3 Å². The van der Waals surface area contributed by atoms with Crippen molar-refractivity contribution in [3.05, 3.63) is 23.8 Å². The number of benzene rings is 1. The molecule has 19 heavy (non-hydrogen) atoms. The van der Waals surface area contributed by atoms with Crippen molar-refractivity contribution in [1.29, 1.82) is 0 Å². The maximum absolute atomic E-state index is 11.3. The third-order valence-corrected chi connectivity index (χ3v) is 3.51. The lowest BCUT2D eigenvalue weighted by Crippen LogP contribution is -2.59. The molecule has 1 amide bonds. The summed E-state index contributed by atoms with van der Waals surface area (Å²) in [5, 5.41) is 0. The van der Waals surface area contributed by atoms with Gasteiger partial charge in [0.25, 0.3) is 11.9 Å². The van der Waals surface area contributed by atoms with Crippen LogP contribution in [0.2, 0.25) is 0 Å². The number of hydrogen-bond acceptors (Lipinski definition) is 5.